The molecule has 1 spiro atoms. The van der Waals surface area contributed by atoms with Crippen LogP contribution in [-0.4, -0.2) is 179 Å². The molecule has 0 aliphatic carbocycles. The van der Waals surface area contributed by atoms with Gasteiger partial charge in [0, 0.05) is 55.4 Å². The van der Waals surface area contributed by atoms with E-state index >= 15 is 0 Å². The predicted molar refractivity (Wildman–Crippen MR) is 400 cm³/mol. The first kappa shape index (κ1) is 78.5. The van der Waals surface area contributed by atoms with Crippen LogP contribution < -0.4 is 45.0 Å². The van der Waals surface area contributed by atoms with Gasteiger partial charge in [0.2, 0.25) is 22.2 Å². The zero-order valence-electron chi connectivity index (χ0n) is 58.2. The molecule has 7 N–H and O–H groups in total. The number of Topliss-reactive ketones (excluding diaryl/α,β-unsaturated/α-hetero) is 1. The molecular weight excluding hydrogens is 1480 g/mol. The number of ether oxygens (including phenoxy) is 4. The number of thioether (sulfide) groups is 1. The summed E-state index contributed by atoms with van der Waals surface area (Å²) in [6, 6.07) is 16.8. The minimum Gasteiger partial charge on any atom is -0.496 e. The number of methoxy groups -OCH3 is 2. The van der Waals surface area contributed by atoms with Crippen LogP contribution in [-0.2, 0) is 59.0 Å². The van der Waals surface area contributed by atoms with Crippen LogP contribution in [0.2, 0.25) is 0 Å². The first-order valence-corrected chi connectivity index (χ1v) is 40.1. The zero-order valence-corrected chi connectivity index (χ0v) is 63.1. The number of anilines is 8. The number of hydrogen-bond acceptors (Lipinski definition) is 30. The number of hydrogen-bond donors (Lipinski definition) is 7. The molecular formula is C66H77N16O17S6+. The van der Waals surface area contributed by atoms with Gasteiger partial charge in [0.25, 0.3) is 48.0 Å². The Kier molecular flexibility index (Phi) is 25.4. The largest absolute Gasteiger partial charge is 0.496 e. The molecule has 4 aromatic carbocycles. The number of benzene rings is 4. The highest BCUT2D eigenvalue weighted by atomic mass is 32.2. The zero-order chi connectivity index (χ0) is 75.5. The van der Waals surface area contributed by atoms with Crippen LogP contribution in [0.1, 0.15) is 82.0 Å². The molecule has 2 unspecified atom stereocenters. The van der Waals surface area contributed by atoms with Crippen LogP contribution in [0.4, 0.5) is 73.6 Å². The molecule has 2 atom stereocenters. The van der Waals surface area contributed by atoms with E-state index < -0.39 is 73.9 Å². The highest BCUT2D eigenvalue weighted by Gasteiger charge is 2.51. The van der Waals surface area contributed by atoms with E-state index in [9.17, 15) is 58.1 Å². The summed E-state index contributed by atoms with van der Waals surface area (Å²) in [7, 11) is -10.7. The van der Waals surface area contributed by atoms with E-state index in [0.29, 0.717) is 83.7 Å². The average Bonchev–Trinajstić information content (AvgIpc) is 1.69. The third kappa shape index (κ3) is 19.1. The van der Waals surface area contributed by atoms with E-state index in [-0.39, 0.29) is 111 Å². The second kappa shape index (κ2) is 34.0. The van der Waals surface area contributed by atoms with Crippen molar-refractivity contribution in [1.29, 1.82) is 0 Å². The number of aromatic nitrogens is 5. The minimum atomic E-state index is -4.64. The van der Waals surface area contributed by atoms with Crippen LogP contribution in [0.25, 0.3) is 12.2 Å². The summed E-state index contributed by atoms with van der Waals surface area (Å²) in [4.78, 5) is 83.6. The van der Waals surface area contributed by atoms with Crippen LogP contribution in [0.5, 0.6) is 11.5 Å². The maximum absolute atomic E-state index is 14.6. The predicted octanol–water partition coefficient (Wildman–Crippen LogP) is 11.7. The van der Waals surface area contributed by atoms with E-state index in [1.165, 1.54) is 50.5 Å². The van der Waals surface area contributed by atoms with Gasteiger partial charge in [-0.15, -0.1) is 20.5 Å². The van der Waals surface area contributed by atoms with Crippen molar-refractivity contribution in [2.45, 2.75) is 81.7 Å². The summed E-state index contributed by atoms with van der Waals surface area (Å²) >= 11 is 2.96. The number of rotatable bonds is 31. The van der Waals surface area contributed by atoms with Crippen LogP contribution in [0.15, 0.2) is 119 Å². The summed E-state index contributed by atoms with van der Waals surface area (Å²) in [6.07, 6.45) is 5.16. The first-order chi connectivity index (χ1) is 50.0. The highest BCUT2D eigenvalue weighted by Crippen LogP contribution is 2.47. The molecule has 0 radical (unpaired) electrons. The minimum absolute atomic E-state index is 0.000244. The van der Waals surface area contributed by atoms with E-state index in [4.69, 9.17) is 54.1 Å². The lowest BCUT2D eigenvalue weighted by Crippen LogP contribution is -2.62. The third-order valence-electron chi connectivity index (χ3n) is 17.3. The molecule has 558 valence electrons. The molecule has 0 saturated carbocycles. The van der Waals surface area contributed by atoms with Crippen molar-refractivity contribution in [2.24, 2.45) is 26.4 Å². The number of amides is 3. The molecule has 3 aromatic heterocycles. The molecule has 2 fully saturated rings. The molecule has 3 aliphatic heterocycles. The van der Waals surface area contributed by atoms with Gasteiger partial charge < -0.3 is 50.0 Å². The maximum atomic E-state index is 14.6. The Morgan fingerprint density at radius 1 is 0.743 bits per heavy atom. The normalized spacial score (nSPS) is 15.5. The maximum Gasteiger partial charge on any atom is 0.358 e. The smallest absolute Gasteiger partial charge is 0.358 e. The molecule has 105 heavy (non-hydrogen) atoms. The van der Waals surface area contributed by atoms with Gasteiger partial charge >= 0.3 is 5.91 Å². The van der Waals surface area contributed by atoms with Gasteiger partial charge in [0.1, 0.15) is 52.2 Å². The number of thiazole rings is 2. The molecule has 2 saturated heterocycles. The topological polar surface area (TPSA) is 437 Å². The van der Waals surface area contributed by atoms with Gasteiger partial charge in [0.15, 0.2) is 10.9 Å². The van der Waals surface area contributed by atoms with Crippen LogP contribution in [0, 0.1) is 5.92 Å². The fourth-order valence-corrected chi connectivity index (χ4v) is 16.2. The number of quaternary nitrogens is 1. The van der Waals surface area contributed by atoms with Gasteiger partial charge in [-0.2, -0.15) is 50.2 Å². The Hall–Kier alpha value is -9.13. The van der Waals surface area contributed by atoms with Crippen molar-refractivity contribution < 1.29 is 77.0 Å². The number of carbonyl (C=O) groups excluding carboxylic acids is 4. The van der Waals surface area contributed by atoms with E-state index in [1.54, 1.807) is 25.3 Å². The van der Waals surface area contributed by atoms with Crippen molar-refractivity contribution in [1.82, 2.24) is 29.4 Å². The third-order valence-corrected chi connectivity index (χ3v) is 22.5. The van der Waals surface area contributed by atoms with Gasteiger partial charge in [0.05, 0.1) is 83.7 Å². The average molecular weight is 1560 g/mol. The molecule has 10 rings (SSSR count). The van der Waals surface area contributed by atoms with Crippen molar-refractivity contribution in [2.75, 3.05) is 122 Å². The van der Waals surface area contributed by atoms with Crippen molar-refractivity contribution >= 4 is 174 Å². The molecule has 6 heterocycles. The van der Waals surface area contributed by atoms with Crippen molar-refractivity contribution in [3.8, 4) is 11.5 Å². The molecule has 3 aliphatic rings. The number of morpholine rings is 2. The number of azo groups is 2. The first-order valence-electron chi connectivity index (χ1n) is 33.0. The number of nitrogens with one attached hydrogen (secondary N) is 4. The van der Waals surface area contributed by atoms with E-state index in [0.717, 1.165) is 83.5 Å². The van der Waals surface area contributed by atoms with E-state index in [2.05, 4.69) is 52.3 Å². The molecule has 7 aromatic rings. The number of carbonyl (C=O) groups is 4. The summed E-state index contributed by atoms with van der Waals surface area (Å²) in [5.41, 5.74) is 1.81. The van der Waals surface area contributed by atoms with Crippen LogP contribution in [0.3, 0.4) is 0 Å². The fraction of sp³-hybridized carbons (Fsp3) is 0.379. The van der Waals surface area contributed by atoms with Crippen molar-refractivity contribution in [3.63, 3.8) is 0 Å². The van der Waals surface area contributed by atoms with Gasteiger partial charge in [-0.05, 0) is 105 Å². The number of fused-ring (bicyclic) bond motifs is 2. The summed E-state index contributed by atoms with van der Waals surface area (Å²) in [5, 5.41) is 30.7. The fourth-order valence-electron chi connectivity index (χ4n) is 11.8. The monoisotopic (exact) mass is 1560 g/mol. The Bertz CT molecular complexity index is 4940. The lowest BCUT2D eigenvalue weighted by molar-refractivity contribution is -0.132. The van der Waals surface area contributed by atoms with Crippen molar-refractivity contribution in [3.05, 3.63) is 99.3 Å². The second-order valence-corrected chi connectivity index (χ2v) is 31.5. The second-order valence-electron chi connectivity index (χ2n) is 24.0. The van der Waals surface area contributed by atoms with Gasteiger partial charge in [-0.1, -0.05) is 80.2 Å². The van der Waals surface area contributed by atoms with Gasteiger partial charge in [-0.25, -0.2) is 9.28 Å². The molecule has 33 nitrogen and oxygen atoms in total. The summed E-state index contributed by atoms with van der Waals surface area (Å²) in [6.45, 7) is 14.5. The Morgan fingerprint density at radius 2 is 1.32 bits per heavy atom. The quantitative estimate of drug-likeness (QED) is 0.00403. The summed E-state index contributed by atoms with van der Waals surface area (Å²) in [5.74, 6) is -2.31. The lowest BCUT2D eigenvalue weighted by Gasteiger charge is -2.38. The Morgan fingerprint density at radius 3 is 1.89 bits per heavy atom. The lowest BCUT2D eigenvalue weighted by atomic mass is 9.81. The van der Waals surface area contributed by atoms with E-state index in [1.807, 2.05) is 29.7 Å². The molecule has 0 bridgehead atoms. The SMILES string of the molecule is CCCC(c1cc(Nc2nc(Nc3cc(N(CC)CC)c(OC)cc3N=Nc3nc4c(s3)C=C(C(=O)Nc3cccc(S(=O)(=O)O)c3)C(=O)[N+]43CCOCC3)nc(SCCS(=O)(=O)O)n2)c(N=Nc2nc(N3CCOCC3)c(C=C(C(C)=O)C(=O)Nc3cccc(S(=O)(=O)O)c3)s2)cc1OC)C(C)CC. The highest BCUT2D eigenvalue weighted by molar-refractivity contribution is 8.00. The number of ketones is 1. The molecule has 39 heteroatoms. The summed E-state index contributed by atoms with van der Waals surface area (Å²) < 4.78 is 124. The molecule has 3 amide bonds. The Balaban J connectivity index is 1.06. The van der Waals surface area contributed by atoms with Crippen LogP contribution >= 0.6 is 34.4 Å². The standard InChI is InChI=1S/C66H76N16O17S6/c1-9-15-44(38(5)10-2)46-32-48(50(36-53(46)96-7)76-78-65-71-57(81-20-24-98-25-21-81)55(101-65)33-45(39(6)83)59(84)67-40-16-13-18-42(30-40)104(90,91)92)69-62-73-63(75-64(74-62)100-28-29-103(87,88)89)70-49-35-52(80(11-3)12-4)54(97-8)37-51(49)77-79-66-72-58-56(102-66)34-47(61(86)82(58)22-26-99-27-23-82)60(85)68-41-17-14-19-43(31-41)105(93,94)95/h13-14,16-19,30-38,44H,9-12,15,20-29H2,1-8H3,(H6-,67,68,69,70,71,72,73,74,75,78,79,83,84,85,86,87,88,89,90,91,92,93,94,95)/p+1. The van der Waals surface area contributed by atoms with Gasteiger partial charge in [-0.3, -0.25) is 28.0 Å². The number of nitrogens with zero attached hydrogens (tertiary/aromatic N) is 12. The Labute approximate surface area is 617 Å².